The van der Waals surface area contributed by atoms with Crippen molar-refractivity contribution in [1.29, 1.82) is 0 Å². The number of alkyl carbamates (subject to hydrolysis) is 1. The molecule has 1 amide bonds. The van der Waals surface area contributed by atoms with Crippen molar-refractivity contribution in [2.24, 2.45) is 5.92 Å². The Labute approximate surface area is 183 Å². The van der Waals surface area contributed by atoms with Crippen LogP contribution in [0.1, 0.15) is 52.0 Å². The van der Waals surface area contributed by atoms with E-state index in [1.807, 2.05) is 58.9 Å². The van der Waals surface area contributed by atoms with Gasteiger partial charge in [-0.05, 0) is 44.4 Å². The summed E-state index contributed by atoms with van der Waals surface area (Å²) in [6.45, 7) is 9.50. The number of hydrogen-bond acceptors (Lipinski definition) is 7. The predicted molar refractivity (Wildman–Crippen MR) is 117 cm³/mol. The molecule has 1 N–H and O–H groups in total. The van der Waals surface area contributed by atoms with Gasteiger partial charge in [-0.25, -0.2) is 4.79 Å². The molecule has 7 nitrogen and oxygen atoms in total. The molecule has 0 aliphatic carbocycles. The number of halogens is 1. The van der Waals surface area contributed by atoms with Gasteiger partial charge in [0, 0.05) is 10.8 Å². The van der Waals surface area contributed by atoms with Crippen LogP contribution in [0.3, 0.4) is 0 Å². The van der Waals surface area contributed by atoms with Crippen molar-refractivity contribution in [1.82, 2.24) is 25.1 Å². The highest BCUT2D eigenvalue weighted by atomic mass is 35.5. The Morgan fingerprint density at radius 1 is 1.28 bits per heavy atom. The van der Waals surface area contributed by atoms with Gasteiger partial charge in [0.2, 0.25) is 4.96 Å². The summed E-state index contributed by atoms with van der Waals surface area (Å²) in [5, 5.41) is 16.8. The Bertz CT molecular complexity index is 979. The quantitative estimate of drug-likeness (QED) is 0.506. The zero-order valence-electron chi connectivity index (χ0n) is 17.0. The molecule has 156 valence electrons. The van der Waals surface area contributed by atoms with Crippen LogP contribution in [0.25, 0.3) is 4.96 Å². The fourth-order valence-electron chi connectivity index (χ4n) is 2.56. The summed E-state index contributed by atoms with van der Waals surface area (Å²) in [6, 6.07) is 7.39. The van der Waals surface area contributed by atoms with Crippen molar-refractivity contribution in [2.75, 3.05) is 0 Å². The molecule has 2 heterocycles. The number of amides is 1. The van der Waals surface area contributed by atoms with E-state index in [0.29, 0.717) is 10.8 Å². The number of nitrogens with zero attached hydrogens (tertiary/aromatic N) is 4. The molecule has 3 aromatic rings. The van der Waals surface area contributed by atoms with E-state index in [1.165, 1.54) is 11.3 Å². The van der Waals surface area contributed by atoms with Gasteiger partial charge < -0.3 is 10.1 Å². The smallest absolute Gasteiger partial charge is 0.408 e. The summed E-state index contributed by atoms with van der Waals surface area (Å²) < 4.78 is 7.98. The van der Waals surface area contributed by atoms with E-state index in [4.69, 9.17) is 16.3 Å². The van der Waals surface area contributed by atoms with Crippen molar-refractivity contribution in [3.05, 3.63) is 40.7 Å². The van der Waals surface area contributed by atoms with E-state index in [9.17, 15) is 4.79 Å². The first-order valence-corrected chi connectivity index (χ1v) is 11.4. The molecule has 0 saturated carbocycles. The van der Waals surface area contributed by atoms with Gasteiger partial charge in [0.25, 0.3) is 0 Å². The first-order valence-electron chi connectivity index (χ1n) is 9.21. The Morgan fingerprint density at radius 2 is 1.97 bits per heavy atom. The molecular weight excluding hydrogens is 430 g/mol. The average Bonchev–Trinajstić information content (AvgIpc) is 3.18. The summed E-state index contributed by atoms with van der Waals surface area (Å²) in [4.78, 5) is 13.0. The third-order valence-corrected chi connectivity index (χ3v) is 6.24. The highest BCUT2D eigenvalue weighted by molar-refractivity contribution is 8.00. The van der Waals surface area contributed by atoms with E-state index in [-0.39, 0.29) is 12.0 Å². The third-order valence-electron chi connectivity index (χ3n) is 3.89. The minimum Gasteiger partial charge on any atom is -0.444 e. The number of rotatable bonds is 6. The SMILES string of the molecule is CC(C)C(NC(=O)OC(C)(C)C)c1nnc2sc(SCc3ccc(Cl)cc3)nn12. The van der Waals surface area contributed by atoms with Gasteiger partial charge in [-0.3, -0.25) is 0 Å². The van der Waals surface area contributed by atoms with Gasteiger partial charge in [-0.15, -0.1) is 15.3 Å². The largest absolute Gasteiger partial charge is 0.444 e. The van der Waals surface area contributed by atoms with E-state index < -0.39 is 11.7 Å². The van der Waals surface area contributed by atoms with Gasteiger partial charge in [0.1, 0.15) is 5.60 Å². The molecule has 2 aromatic heterocycles. The lowest BCUT2D eigenvalue weighted by Gasteiger charge is -2.24. The monoisotopic (exact) mass is 453 g/mol. The van der Waals surface area contributed by atoms with Crippen LogP contribution >= 0.6 is 34.7 Å². The number of nitrogens with one attached hydrogen (secondary N) is 1. The number of carbonyl (C=O) groups is 1. The average molecular weight is 454 g/mol. The topological polar surface area (TPSA) is 81.4 Å². The van der Waals surface area contributed by atoms with Crippen LogP contribution in [0.2, 0.25) is 5.02 Å². The van der Waals surface area contributed by atoms with Crippen molar-refractivity contribution < 1.29 is 9.53 Å². The zero-order valence-corrected chi connectivity index (χ0v) is 19.4. The van der Waals surface area contributed by atoms with Crippen LogP contribution in [0.15, 0.2) is 28.6 Å². The number of benzene rings is 1. The lowest BCUT2D eigenvalue weighted by molar-refractivity contribution is 0.0486. The summed E-state index contributed by atoms with van der Waals surface area (Å²) >= 11 is 9.03. The number of hydrogen-bond donors (Lipinski definition) is 1. The van der Waals surface area contributed by atoms with Gasteiger partial charge in [-0.2, -0.15) is 4.52 Å². The Kier molecular flexibility index (Phi) is 6.70. The Hall–Kier alpha value is -1.84. The van der Waals surface area contributed by atoms with E-state index in [0.717, 1.165) is 20.7 Å². The summed E-state index contributed by atoms with van der Waals surface area (Å²) in [6.07, 6.45) is -0.486. The first kappa shape index (κ1) is 21.9. The normalized spacial score (nSPS) is 13.1. The maximum atomic E-state index is 12.3. The lowest BCUT2D eigenvalue weighted by Crippen LogP contribution is -2.37. The van der Waals surface area contributed by atoms with Gasteiger partial charge in [0.05, 0.1) is 6.04 Å². The zero-order chi connectivity index (χ0) is 21.2. The minimum atomic E-state index is -0.572. The molecule has 1 aromatic carbocycles. The molecule has 1 atom stereocenters. The van der Waals surface area contributed by atoms with E-state index in [1.54, 1.807) is 16.3 Å². The van der Waals surface area contributed by atoms with Crippen LogP contribution in [0.4, 0.5) is 4.79 Å². The second-order valence-corrected chi connectivity index (χ2v) is 10.5. The standard InChI is InChI=1S/C19H24ClN5O2S2/c1-11(2)14(21-17(26)27-19(3,4)5)15-22-23-16-25(15)24-18(29-16)28-10-12-6-8-13(20)9-7-12/h6-9,11,14H,10H2,1-5H3,(H,21,26). The van der Waals surface area contributed by atoms with Crippen molar-refractivity contribution >= 4 is 45.8 Å². The number of aromatic nitrogens is 4. The second-order valence-electron chi connectivity index (χ2n) is 7.90. The van der Waals surface area contributed by atoms with E-state index >= 15 is 0 Å². The van der Waals surface area contributed by atoms with Crippen molar-refractivity contribution in [3.63, 3.8) is 0 Å². The fraction of sp³-hybridized carbons (Fsp3) is 0.474. The van der Waals surface area contributed by atoms with E-state index in [2.05, 4.69) is 20.6 Å². The molecule has 0 spiro atoms. The van der Waals surface area contributed by atoms with Crippen LogP contribution in [0, 0.1) is 5.92 Å². The molecule has 0 bridgehead atoms. The summed E-state index contributed by atoms with van der Waals surface area (Å²) in [7, 11) is 0. The molecule has 0 radical (unpaired) electrons. The first-order chi connectivity index (χ1) is 13.6. The fourth-order valence-corrected chi connectivity index (χ4v) is 4.52. The minimum absolute atomic E-state index is 0.0850. The highest BCUT2D eigenvalue weighted by Gasteiger charge is 2.27. The molecule has 10 heteroatoms. The lowest BCUT2D eigenvalue weighted by atomic mass is 10.0. The number of thioether (sulfide) groups is 1. The molecule has 0 aliphatic heterocycles. The maximum absolute atomic E-state index is 12.3. The Balaban J connectivity index is 1.76. The summed E-state index contributed by atoms with van der Waals surface area (Å²) in [5.74, 6) is 1.46. The molecule has 0 saturated heterocycles. The number of fused-ring (bicyclic) bond motifs is 1. The van der Waals surface area contributed by atoms with Crippen molar-refractivity contribution in [3.8, 4) is 0 Å². The maximum Gasteiger partial charge on any atom is 0.408 e. The van der Waals surface area contributed by atoms with Crippen molar-refractivity contribution in [2.45, 2.75) is 56.4 Å². The van der Waals surface area contributed by atoms with Gasteiger partial charge >= 0.3 is 6.09 Å². The molecular formula is C19H24ClN5O2S2. The Morgan fingerprint density at radius 3 is 2.59 bits per heavy atom. The third kappa shape index (κ3) is 5.83. The molecule has 1 unspecified atom stereocenters. The molecule has 3 rings (SSSR count). The highest BCUT2D eigenvalue weighted by Crippen LogP contribution is 2.30. The van der Waals surface area contributed by atoms with Gasteiger partial charge in [0.15, 0.2) is 10.2 Å². The van der Waals surface area contributed by atoms with Crippen LogP contribution in [-0.4, -0.2) is 31.5 Å². The molecule has 29 heavy (non-hydrogen) atoms. The summed E-state index contributed by atoms with van der Waals surface area (Å²) in [5.41, 5.74) is 0.593. The van der Waals surface area contributed by atoms with Gasteiger partial charge in [-0.1, -0.05) is 60.7 Å². The molecule has 0 fully saturated rings. The predicted octanol–water partition coefficient (Wildman–Crippen LogP) is 5.35. The number of carbonyl (C=O) groups excluding carboxylic acids is 1. The number of ether oxygens (including phenoxy) is 1. The second kappa shape index (κ2) is 8.89. The molecule has 0 aliphatic rings. The van der Waals surface area contributed by atoms with Crippen LogP contribution in [0.5, 0.6) is 0 Å². The van der Waals surface area contributed by atoms with Crippen LogP contribution in [-0.2, 0) is 10.5 Å². The van der Waals surface area contributed by atoms with Crippen LogP contribution < -0.4 is 5.32 Å².